The number of hydrogen-bond acceptors (Lipinski definition) is 3. The summed E-state index contributed by atoms with van der Waals surface area (Å²) >= 11 is 0. The smallest absolute Gasteiger partial charge is 0.182 e. The van der Waals surface area contributed by atoms with Gasteiger partial charge in [-0.05, 0) is 18.7 Å². The molecule has 2 aromatic rings. The molecule has 0 saturated heterocycles. The van der Waals surface area contributed by atoms with Gasteiger partial charge in [0, 0.05) is 10.9 Å². The fourth-order valence-electron chi connectivity index (χ4n) is 1.77. The zero-order chi connectivity index (χ0) is 12.3. The van der Waals surface area contributed by atoms with E-state index in [1.807, 2.05) is 13.0 Å². The Hall–Kier alpha value is -1.68. The zero-order valence-corrected chi connectivity index (χ0v) is 9.57. The molecule has 1 heterocycles. The number of nitrogens with one attached hydrogen (secondary N) is 1. The van der Waals surface area contributed by atoms with Crippen molar-refractivity contribution in [3.8, 4) is 0 Å². The summed E-state index contributed by atoms with van der Waals surface area (Å²) < 4.78 is 17.9. The first-order chi connectivity index (χ1) is 8.26. The third-order valence-corrected chi connectivity index (χ3v) is 2.66. The molecule has 1 N–H and O–H groups in total. The summed E-state index contributed by atoms with van der Waals surface area (Å²) in [6, 6.07) is 6.19. The van der Waals surface area contributed by atoms with Crippen molar-refractivity contribution in [1.29, 1.82) is 0 Å². The summed E-state index contributed by atoms with van der Waals surface area (Å²) in [7, 11) is 0. The van der Waals surface area contributed by atoms with Crippen LogP contribution in [0.5, 0.6) is 0 Å². The van der Waals surface area contributed by atoms with Gasteiger partial charge in [0.05, 0.1) is 12.3 Å². The van der Waals surface area contributed by atoms with Gasteiger partial charge in [-0.2, -0.15) is 0 Å². The highest BCUT2D eigenvalue weighted by Crippen LogP contribution is 2.18. The molecule has 0 aliphatic heterocycles. The number of likely N-dealkylation sites (N-methyl/N-ethyl adjacent to an activating group) is 1. The van der Waals surface area contributed by atoms with E-state index in [1.54, 1.807) is 24.5 Å². The van der Waals surface area contributed by atoms with Gasteiger partial charge in [-0.25, -0.2) is 4.39 Å². The maximum Gasteiger partial charge on any atom is 0.182 e. The Morgan fingerprint density at radius 1 is 1.47 bits per heavy atom. The van der Waals surface area contributed by atoms with Crippen molar-refractivity contribution >= 4 is 16.8 Å². The third kappa shape index (κ3) is 2.36. The van der Waals surface area contributed by atoms with Gasteiger partial charge in [-0.3, -0.25) is 4.79 Å². The van der Waals surface area contributed by atoms with Crippen LogP contribution in [0, 0.1) is 0 Å². The molecule has 1 atom stereocenters. The van der Waals surface area contributed by atoms with Gasteiger partial charge in [-0.1, -0.05) is 19.1 Å². The van der Waals surface area contributed by atoms with Gasteiger partial charge < -0.3 is 9.73 Å². The normalized spacial score (nSPS) is 12.8. The number of alkyl halides is 1. The molecule has 0 fully saturated rings. The molecule has 2 rings (SSSR count). The van der Waals surface area contributed by atoms with E-state index in [-0.39, 0.29) is 5.78 Å². The fourth-order valence-corrected chi connectivity index (χ4v) is 1.77. The Morgan fingerprint density at radius 3 is 3.00 bits per heavy atom. The molecule has 1 aromatic heterocycles. The van der Waals surface area contributed by atoms with Gasteiger partial charge in [0.15, 0.2) is 5.78 Å². The predicted octanol–water partition coefficient (Wildman–Crippen LogP) is 2.56. The predicted molar refractivity (Wildman–Crippen MR) is 64.0 cm³/mol. The largest absolute Gasteiger partial charge is 0.464 e. The van der Waals surface area contributed by atoms with E-state index in [9.17, 15) is 9.18 Å². The number of Topliss-reactive ketones (excluding diaryl/α,β-unsaturated/α-hetero) is 1. The first kappa shape index (κ1) is 11.8. The number of rotatable bonds is 5. The Bertz CT molecular complexity index is 521. The number of carbonyl (C=O) groups is 1. The Kier molecular flexibility index (Phi) is 3.54. The molecule has 3 nitrogen and oxygen atoms in total. The van der Waals surface area contributed by atoms with E-state index < -0.39 is 12.7 Å². The number of benzene rings is 1. The van der Waals surface area contributed by atoms with Gasteiger partial charge in [0.25, 0.3) is 0 Å². The van der Waals surface area contributed by atoms with Crippen molar-refractivity contribution in [2.24, 2.45) is 0 Å². The minimum Gasteiger partial charge on any atom is -0.464 e. The van der Waals surface area contributed by atoms with E-state index in [4.69, 9.17) is 4.42 Å². The van der Waals surface area contributed by atoms with E-state index >= 15 is 0 Å². The first-order valence-electron chi connectivity index (χ1n) is 5.57. The zero-order valence-electron chi connectivity index (χ0n) is 9.57. The van der Waals surface area contributed by atoms with Crippen LogP contribution in [0.25, 0.3) is 11.0 Å². The van der Waals surface area contributed by atoms with Crippen LogP contribution in [0.3, 0.4) is 0 Å². The van der Waals surface area contributed by atoms with Crippen LogP contribution in [-0.4, -0.2) is 25.0 Å². The van der Waals surface area contributed by atoms with E-state index in [0.29, 0.717) is 17.7 Å². The lowest BCUT2D eigenvalue weighted by Gasteiger charge is -2.12. The Balaban J connectivity index is 2.28. The average Bonchev–Trinajstić information content (AvgIpc) is 2.82. The maximum absolute atomic E-state index is 12.7. The number of furan rings is 1. The van der Waals surface area contributed by atoms with Gasteiger partial charge in [-0.15, -0.1) is 0 Å². The van der Waals surface area contributed by atoms with Crippen LogP contribution in [0.4, 0.5) is 4.39 Å². The van der Waals surface area contributed by atoms with Crippen LogP contribution in [0.1, 0.15) is 17.3 Å². The van der Waals surface area contributed by atoms with Crippen LogP contribution in [0.15, 0.2) is 34.9 Å². The lowest BCUT2D eigenvalue weighted by molar-refractivity contribution is 0.0929. The van der Waals surface area contributed by atoms with Crippen LogP contribution < -0.4 is 5.32 Å². The first-order valence-corrected chi connectivity index (χ1v) is 5.57. The van der Waals surface area contributed by atoms with Crippen LogP contribution in [0.2, 0.25) is 0 Å². The summed E-state index contributed by atoms with van der Waals surface area (Å²) in [5, 5.41) is 3.75. The molecule has 0 aliphatic carbocycles. The van der Waals surface area contributed by atoms with Gasteiger partial charge in [0.1, 0.15) is 12.3 Å². The second-order valence-corrected chi connectivity index (χ2v) is 3.80. The quantitative estimate of drug-likeness (QED) is 0.810. The third-order valence-electron chi connectivity index (χ3n) is 2.66. The van der Waals surface area contributed by atoms with Crippen LogP contribution >= 0.6 is 0 Å². The standard InChI is InChI=1S/C13H14FNO2/c1-2-15-11(8-14)13(16)10-4-3-9-5-6-17-12(9)7-10/h3-7,11,15H,2,8H2,1H3. The molecule has 0 radical (unpaired) electrons. The molecular formula is C13H14FNO2. The number of ketones is 1. The van der Waals surface area contributed by atoms with Crippen molar-refractivity contribution in [2.45, 2.75) is 13.0 Å². The fraction of sp³-hybridized carbons (Fsp3) is 0.308. The molecule has 0 amide bonds. The van der Waals surface area contributed by atoms with Crippen molar-refractivity contribution in [3.05, 3.63) is 36.1 Å². The highest BCUT2D eigenvalue weighted by molar-refractivity contribution is 6.02. The van der Waals surface area contributed by atoms with Gasteiger partial charge in [0.2, 0.25) is 0 Å². The highest BCUT2D eigenvalue weighted by Gasteiger charge is 2.19. The summed E-state index contributed by atoms with van der Waals surface area (Å²) in [6.45, 7) is 1.69. The SMILES string of the molecule is CCNC(CF)C(=O)c1ccc2ccoc2c1. The molecule has 1 aromatic carbocycles. The highest BCUT2D eigenvalue weighted by atomic mass is 19.1. The number of hydrogen-bond donors (Lipinski definition) is 1. The van der Waals surface area contributed by atoms with E-state index in [0.717, 1.165) is 5.39 Å². The van der Waals surface area contributed by atoms with Crippen LogP contribution in [-0.2, 0) is 0 Å². The Labute approximate surface area is 98.6 Å². The van der Waals surface area contributed by atoms with Crippen molar-refractivity contribution in [1.82, 2.24) is 5.32 Å². The van der Waals surface area contributed by atoms with E-state index in [1.165, 1.54) is 0 Å². The van der Waals surface area contributed by atoms with Gasteiger partial charge >= 0.3 is 0 Å². The number of fused-ring (bicyclic) bond motifs is 1. The lowest BCUT2D eigenvalue weighted by Crippen LogP contribution is -2.38. The average molecular weight is 235 g/mol. The molecule has 0 aliphatic rings. The topological polar surface area (TPSA) is 42.2 Å². The monoisotopic (exact) mass is 235 g/mol. The van der Waals surface area contributed by atoms with Crippen molar-refractivity contribution in [2.75, 3.05) is 13.2 Å². The molecule has 17 heavy (non-hydrogen) atoms. The maximum atomic E-state index is 12.7. The summed E-state index contributed by atoms with van der Waals surface area (Å²) in [5.74, 6) is -0.243. The number of halogens is 1. The second-order valence-electron chi connectivity index (χ2n) is 3.80. The Morgan fingerprint density at radius 2 is 2.29 bits per heavy atom. The molecule has 0 bridgehead atoms. The summed E-state index contributed by atoms with van der Waals surface area (Å²) in [6.07, 6.45) is 1.57. The molecule has 90 valence electrons. The molecule has 1 unspecified atom stereocenters. The molecule has 0 spiro atoms. The van der Waals surface area contributed by atoms with Crippen molar-refractivity contribution < 1.29 is 13.6 Å². The number of carbonyl (C=O) groups excluding carboxylic acids is 1. The molecular weight excluding hydrogens is 221 g/mol. The minimum atomic E-state index is -0.771. The summed E-state index contributed by atoms with van der Waals surface area (Å²) in [5.41, 5.74) is 1.11. The molecule has 4 heteroatoms. The second kappa shape index (κ2) is 5.10. The lowest BCUT2D eigenvalue weighted by atomic mass is 10.0. The minimum absolute atomic E-state index is 0.243. The molecule has 0 saturated carbocycles. The van der Waals surface area contributed by atoms with E-state index in [2.05, 4.69) is 5.32 Å². The summed E-state index contributed by atoms with van der Waals surface area (Å²) in [4.78, 5) is 12.0. The van der Waals surface area contributed by atoms with Crippen molar-refractivity contribution in [3.63, 3.8) is 0 Å².